The summed E-state index contributed by atoms with van der Waals surface area (Å²) in [7, 11) is 1.38. The number of piperidine rings is 1. The third kappa shape index (κ3) is 4.73. The van der Waals surface area contributed by atoms with Crippen LogP contribution in [0, 0.1) is 11.7 Å². The first-order valence-electron chi connectivity index (χ1n) is 9.19. The number of alkyl halides is 1. The number of aliphatic hydroxyl groups excluding tert-OH is 1. The second-order valence-corrected chi connectivity index (χ2v) is 7.01. The van der Waals surface area contributed by atoms with E-state index in [0.29, 0.717) is 42.0 Å². The minimum absolute atomic E-state index is 0.121. The van der Waals surface area contributed by atoms with Crippen LogP contribution in [0.3, 0.4) is 0 Å². The fourth-order valence-corrected chi connectivity index (χ4v) is 3.68. The monoisotopic (exact) mass is 407 g/mol. The zero-order valence-corrected chi connectivity index (χ0v) is 15.9. The Kier molecular flexibility index (Phi) is 6.48. The molecule has 0 saturated carbocycles. The number of anilines is 1. The Labute approximate surface area is 166 Å². The van der Waals surface area contributed by atoms with Crippen molar-refractivity contribution in [3.05, 3.63) is 41.8 Å². The van der Waals surface area contributed by atoms with Crippen LogP contribution < -0.4 is 15.0 Å². The molecule has 3 rings (SSSR count). The number of pyridine rings is 1. The highest BCUT2D eigenvalue weighted by atomic mass is 19.1. The minimum Gasteiger partial charge on any atom is -0.494 e. The molecular weight excluding hydrogens is 384 g/mol. The molecule has 1 aromatic carbocycles. The van der Waals surface area contributed by atoms with Crippen molar-refractivity contribution in [3.8, 4) is 17.0 Å². The molecular formula is C20H23F2N3O4. The molecule has 9 heteroatoms. The summed E-state index contributed by atoms with van der Waals surface area (Å²) in [5.41, 5.74) is 2.13. The molecule has 0 radical (unpaired) electrons. The third-order valence-electron chi connectivity index (χ3n) is 5.01. The number of hydrogen-bond donors (Lipinski definition) is 3. The van der Waals surface area contributed by atoms with Crippen LogP contribution in [0.25, 0.3) is 11.3 Å². The standard InChI is InChI=1S/C20H23F2N3O4/c1-29-19-3-2-13(5-16(19)22)17-6-14(11-26)18(8-23-17)25-9-12(7-21)4-15(10-25)24-20(27)28/h2-3,5-6,8,12,15,24,26H,4,7,9-11H2,1H3,(H,27,28)/t12-,15+/m0/s1. The fraction of sp³-hybridized carbons (Fsp3) is 0.400. The SMILES string of the molecule is COc1ccc(-c2cc(CO)c(N3C[C@H](CF)C[C@@H](NC(=O)O)C3)cn2)cc1F. The zero-order chi connectivity index (χ0) is 21.0. The van der Waals surface area contributed by atoms with Crippen molar-refractivity contribution in [1.29, 1.82) is 0 Å². The summed E-state index contributed by atoms with van der Waals surface area (Å²) in [5.74, 6) is -0.733. The summed E-state index contributed by atoms with van der Waals surface area (Å²) in [6.45, 7) is -0.135. The van der Waals surface area contributed by atoms with Gasteiger partial charge in [0.2, 0.25) is 0 Å². The summed E-state index contributed by atoms with van der Waals surface area (Å²) in [6.07, 6.45) is 0.790. The van der Waals surface area contributed by atoms with Gasteiger partial charge in [0.15, 0.2) is 11.6 Å². The Morgan fingerprint density at radius 1 is 1.38 bits per heavy atom. The molecule has 1 fully saturated rings. The molecule has 1 aromatic heterocycles. The minimum atomic E-state index is -1.16. The topological polar surface area (TPSA) is 94.9 Å². The van der Waals surface area contributed by atoms with E-state index in [9.17, 15) is 18.7 Å². The molecule has 2 atom stereocenters. The second-order valence-electron chi connectivity index (χ2n) is 7.01. The number of rotatable bonds is 6. The quantitative estimate of drug-likeness (QED) is 0.682. The van der Waals surface area contributed by atoms with E-state index in [1.54, 1.807) is 18.3 Å². The van der Waals surface area contributed by atoms with E-state index in [1.165, 1.54) is 19.2 Å². The van der Waals surface area contributed by atoms with Gasteiger partial charge in [0.05, 0.1) is 44.0 Å². The lowest BCUT2D eigenvalue weighted by atomic mass is 9.94. The lowest BCUT2D eigenvalue weighted by Gasteiger charge is -2.38. The molecule has 2 heterocycles. The molecule has 0 spiro atoms. The number of ether oxygens (including phenoxy) is 1. The first-order chi connectivity index (χ1) is 13.9. The Morgan fingerprint density at radius 3 is 2.79 bits per heavy atom. The van der Waals surface area contributed by atoms with E-state index in [1.807, 2.05) is 4.90 Å². The first kappa shape index (κ1) is 20.8. The predicted molar refractivity (Wildman–Crippen MR) is 103 cm³/mol. The maximum Gasteiger partial charge on any atom is 0.404 e. The molecule has 1 aliphatic rings. The van der Waals surface area contributed by atoms with Crippen molar-refractivity contribution in [2.24, 2.45) is 5.92 Å². The number of aliphatic hydroxyl groups is 1. The molecule has 156 valence electrons. The predicted octanol–water partition coefficient (Wildman–Crippen LogP) is 2.82. The molecule has 29 heavy (non-hydrogen) atoms. The number of carbonyl (C=O) groups is 1. The first-order valence-corrected chi connectivity index (χ1v) is 9.19. The number of nitrogens with zero attached hydrogens (tertiary/aromatic N) is 2. The smallest absolute Gasteiger partial charge is 0.404 e. The van der Waals surface area contributed by atoms with Gasteiger partial charge in [-0.3, -0.25) is 9.37 Å². The van der Waals surface area contributed by atoms with Crippen LogP contribution >= 0.6 is 0 Å². The van der Waals surface area contributed by atoms with E-state index in [4.69, 9.17) is 9.84 Å². The van der Waals surface area contributed by atoms with Crippen LogP contribution in [-0.2, 0) is 6.61 Å². The molecule has 1 aliphatic heterocycles. The average Bonchev–Trinajstić information content (AvgIpc) is 2.72. The van der Waals surface area contributed by atoms with Gasteiger partial charge in [-0.25, -0.2) is 9.18 Å². The van der Waals surface area contributed by atoms with Crippen molar-refractivity contribution in [1.82, 2.24) is 10.3 Å². The Morgan fingerprint density at radius 2 is 2.17 bits per heavy atom. The van der Waals surface area contributed by atoms with Crippen molar-refractivity contribution in [3.63, 3.8) is 0 Å². The summed E-state index contributed by atoms with van der Waals surface area (Å²) >= 11 is 0. The van der Waals surface area contributed by atoms with E-state index in [2.05, 4.69) is 10.3 Å². The summed E-state index contributed by atoms with van der Waals surface area (Å²) in [4.78, 5) is 17.2. The Balaban J connectivity index is 1.89. The van der Waals surface area contributed by atoms with Crippen molar-refractivity contribution in [2.45, 2.75) is 19.1 Å². The third-order valence-corrected chi connectivity index (χ3v) is 5.01. The van der Waals surface area contributed by atoms with Crippen molar-refractivity contribution >= 4 is 11.8 Å². The van der Waals surface area contributed by atoms with Crippen LogP contribution in [0.1, 0.15) is 12.0 Å². The number of aromatic nitrogens is 1. The van der Waals surface area contributed by atoms with Crippen LogP contribution in [0.5, 0.6) is 5.75 Å². The molecule has 7 nitrogen and oxygen atoms in total. The highest BCUT2D eigenvalue weighted by molar-refractivity contribution is 5.67. The van der Waals surface area contributed by atoms with E-state index in [0.717, 1.165) is 0 Å². The van der Waals surface area contributed by atoms with Crippen LogP contribution in [0.4, 0.5) is 19.3 Å². The van der Waals surface area contributed by atoms with E-state index < -0.39 is 24.6 Å². The van der Waals surface area contributed by atoms with Gasteiger partial charge in [-0.05, 0) is 30.7 Å². The van der Waals surface area contributed by atoms with E-state index in [-0.39, 0.29) is 18.3 Å². The van der Waals surface area contributed by atoms with Gasteiger partial charge >= 0.3 is 6.09 Å². The van der Waals surface area contributed by atoms with Crippen LogP contribution in [0.15, 0.2) is 30.5 Å². The summed E-state index contributed by atoms with van der Waals surface area (Å²) < 4.78 is 32.3. The molecule has 2 aromatic rings. The van der Waals surface area contributed by atoms with Gasteiger partial charge in [0.1, 0.15) is 0 Å². The maximum atomic E-state index is 14.0. The highest BCUT2D eigenvalue weighted by Gasteiger charge is 2.29. The maximum absolute atomic E-state index is 14.0. The van der Waals surface area contributed by atoms with Gasteiger partial charge in [-0.15, -0.1) is 0 Å². The summed E-state index contributed by atoms with van der Waals surface area (Å²) in [5, 5.41) is 21.3. The van der Waals surface area contributed by atoms with Gasteiger partial charge < -0.3 is 25.2 Å². The van der Waals surface area contributed by atoms with Gasteiger partial charge in [0.25, 0.3) is 0 Å². The van der Waals surface area contributed by atoms with E-state index >= 15 is 0 Å². The van der Waals surface area contributed by atoms with Crippen molar-refractivity contribution in [2.75, 3.05) is 31.8 Å². The van der Waals surface area contributed by atoms with Crippen LogP contribution in [0.2, 0.25) is 0 Å². The highest BCUT2D eigenvalue weighted by Crippen LogP contribution is 2.31. The zero-order valence-electron chi connectivity index (χ0n) is 15.9. The number of hydrogen-bond acceptors (Lipinski definition) is 5. The normalized spacial score (nSPS) is 19.1. The fourth-order valence-electron chi connectivity index (χ4n) is 3.68. The molecule has 1 amide bonds. The van der Waals surface area contributed by atoms with Gasteiger partial charge in [-0.1, -0.05) is 0 Å². The molecule has 0 bridgehead atoms. The number of halogens is 2. The Bertz CT molecular complexity index is 881. The molecule has 3 N–H and O–H groups in total. The lowest BCUT2D eigenvalue weighted by molar-refractivity contribution is 0.183. The van der Waals surface area contributed by atoms with Crippen LogP contribution in [-0.4, -0.2) is 54.2 Å². The Hall–Kier alpha value is -2.94. The lowest BCUT2D eigenvalue weighted by Crippen LogP contribution is -2.51. The molecule has 1 saturated heterocycles. The number of amides is 1. The molecule has 0 unspecified atom stereocenters. The second kappa shape index (κ2) is 9.04. The number of methoxy groups -OCH3 is 1. The number of nitrogens with one attached hydrogen (secondary N) is 1. The van der Waals surface area contributed by atoms with Gasteiger partial charge in [-0.2, -0.15) is 0 Å². The average molecular weight is 407 g/mol. The molecule has 0 aliphatic carbocycles. The number of benzene rings is 1. The number of carboxylic acid groups (broad SMARTS) is 1. The largest absolute Gasteiger partial charge is 0.494 e. The van der Waals surface area contributed by atoms with Gasteiger partial charge in [0, 0.05) is 30.1 Å². The summed E-state index contributed by atoms with van der Waals surface area (Å²) in [6, 6.07) is 5.68. The van der Waals surface area contributed by atoms with Crippen molar-refractivity contribution < 1.29 is 28.5 Å².